The molecule has 0 saturated carbocycles. The fraction of sp³-hybridized carbons (Fsp3) is 0. The average Bonchev–Trinajstić information content (AvgIpc) is 1.37. The molecule has 0 aromatic carbocycles. The van der Waals surface area contributed by atoms with Crippen LogP contribution in [0.15, 0.2) is 5.29 Å². The topological polar surface area (TPSA) is 63.8 Å². The van der Waals surface area contributed by atoms with Crippen molar-refractivity contribution in [3.63, 3.8) is 0 Å². The molecule has 0 bridgehead atoms. The molecule has 0 spiro atoms. The van der Waals surface area contributed by atoms with E-state index in [4.69, 9.17) is 10.1 Å². The van der Waals surface area contributed by atoms with E-state index in [1.54, 1.807) is 10.9 Å². The van der Waals surface area contributed by atoms with Crippen molar-refractivity contribution >= 4 is 0 Å². The molecule has 0 aliphatic rings. The Kier molecular flexibility index (Phi) is 1.98. The van der Waals surface area contributed by atoms with E-state index in [1.165, 1.54) is 0 Å². The minimum atomic E-state index is 1.67. The van der Waals surface area contributed by atoms with Crippen molar-refractivity contribution in [2.24, 2.45) is 5.29 Å². The Labute approximate surface area is 22.3 Å². The normalized spacial score (nSPS) is 5.25. The summed E-state index contributed by atoms with van der Waals surface area (Å²) in [6, 6.07) is 0. The maximum absolute atomic E-state index is 8.51. The van der Waals surface area contributed by atoms with Crippen molar-refractivity contribution in [1.82, 2.24) is 5.59 Å². The summed E-state index contributed by atoms with van der Waals surface area (Å²) in [6.45, 7) is 0. The molecule has 1 N–H and O–H groups in total. The van der Waals surface area contributed by atoms with Gasteiger partial charge in [0, 0.05) is 5.59 Å². The molecule has 1 radical (unpaired) electrons. The van der Waals surface area contributed by atoms with Crippen LogP contribution in [-0.4, -0.2) is 5.21 Å². The Bertz CT molecular complexity index is 18.0. The lowest BCUT2D eigenvalue weighted by molar-refractivity contribution is 0.159. The summed E-state index contributed by atoms with van der Waals surface area (Å²) in [4.78, 5) is 8.51. The second kappa shape index (κ2) is 2.36. The molecule has 4 heteroatoms. The highest BCUT2D eigenvalue weighted by Gasteiger charge is 1.50. The highest BCUT2D eigenvalue weighted by atomic mass is 16.5. The lowest BCUT2D eigenvalue weighted by atomic mass is 12.8. The molecule has 4 heavy (non-hydrogen) atoms. The summed E-state index contributed by atoms with van der Waals surface area (Å²) in [6.07, 6.45) is 0. The Balaban J connectivity index is 2.30. The van der Waals surface area contributed by atoms with Crippen LogP contribution in [0.4, 0.5) is 0 Å². The van der Waals surface area contributed by atoms with Gasteiger partial charge in [-0.1, -0.05) is 0 Å². The van der Waals surface area contributed by atoms with Crippen molar-refractivity contribution < 1.29 is 5.21 Å². The zero-order valence-corrected chi connectivity index (χ0v) is 1.75. The third-order valence-electron chi connectivity index (χ3n) is 0.0365. The third-order valence-corrected chi connectivity index (χ3v) is 0.0365. The van der Waals surface area contributed by atoms with Crippen LogP contribution in [0.5, 0.6) is 0 Å². The summed E-state index contributed by atoms with van der Waals surface area (Å²) in [5.41, 5.74) is 1.81. The first kappa shape index (κ1) is 3.36. The molecular formula is HN2O2. The summed E-state index contributed by atoms with van der Waals surface area (Å²) in [5, 5.41) is 8.69. The van der Waals surface area contributed by atoms with Crippen molar-refractivity contribution in [2.45, 2.75) is 0 Å². The third kappa shape index (κ3) is 1.36. The van der Waals surface area contributed by atoms with Crippen molar-refractivity contribution in [1.29, 1.82) is 0 Å². The molecule has 0 aromatic heterocycles. The predicted molar refractivity (Wildman–Crippen MR) is 9.72 cm³/mol. The molecule has 0 unspecified atom stereocenters. The molecule has 0 amide bonds. The van der Waals surface area contributed by atoms with Crippen LogP contribution >= 0.6 is 0 Å². The van der Waals surface area contributed by atoms with Gasteiger partial charge in [0.1, 0.15) is 5.29 Å². The van der Waals surface area contributed by atoms with E-state index in [0.29, 0.717) is 0 Å². The number of nitroso groups, excluding NO2 is 1. The number of rotatable bonds is 1. The molecule has 0 aliphatic carbocycles. The summed E-state index contributed by atoms with van der Waals surface area (Å²) in [7, 11) is 0. The Morgan fingerprint density at radius 2 is 2.00 bits per heavy atom. The largest absolute Gasteiger partial charge is 0.247 e. The highest BCUT2D eigenvalue weighted by Crippen LogP contribution is 1.37. The van der Waals surface area contributed by atoms with Gasteiger partial charge in [-0.15, -0.1) is 4.91 Å². The smallest absolute Gasteiger partial charge is 0.105 e. The zero-order chi connectivity index (χ0) is 3.41. The second-order valence-corrected chi connectivity index (χ2v) is 0.171. The van der Waals surface area contributed by atoms with E-state index in [9.17, 15) is 0 Å². The number of hydrogen-bond acceptors (Lipinski definition) is 3. The van der Waals surface area contributed by atoms with Crippen LogP contribution in [0, 0.1) is 4.91 Å². The van der Waals surface area contributed by atoms with Gasteiger partial charge >= 0.3 is 0 Å². The maximum Gasteiger partial charge on any atom is 0.105 e. The highest BCUT2D eigenvalue weighted by molar-refractivity contribution is 3.95. The molecule has 23 valence electrons. The van der Waals surface area contributed by atoms with Gasteiger partial charge in [-0.05, 0) is 0 Å². The molecule has 0 rings (SSSR count). The summed E-state index contributed by atoms with van der Waals surface area (Å²) in [5.74, 6) is 0. The quantitative estimate of drug-likeness (QED) is 0.333. The molecule has 0 atom stereocenters. The average molecular weight is 61.0 g/mol. The lowest BCUT2D eigenvalue weighted by Crippen LogP contribution is -1.76. The SMILES string of the molecule is O=N[N]O. The van der Waals surface area contributed by atoms with Gasteiger partial charge in [0.2, 0.25) is 0 Å². The Hall–Kier alpha value is -0.640. The van der Waals surface area contributed by atoms with E-state index < -0.39 is 0 Å². The fourth-order valence-electron chi connectivity index (χ4n) is 0. The second-order valence-electron chi connectivity index (χ2n) is 0.171. The molecule has 0 saturated heterocycles. The van der Waals surface area contributed by atoms with Crippen LogP contribution in [0.1, 0.15) is 0 Å². The van der Waals surface area contributed by atoms with Crippen LogP contribution < -0.4 is 5.59 Å². The van der Waals surface area contributed by atoms with Gasteiger partial charge in [-0.2, -0.15) is 0 Å². The van der Waals surface area contributed by atoms with Gasteiger partial charge in [-0.25, -0.2) is 5.21 Å². The standard InChI is InChI=1S/HN2O2/c3-1-2-4/h3H. The number of nitrogens with zero attached hydrogens (tertiary/aromatic N) is 2. The first-order valence-electron chi connectivity index (χ1n) is 0.583. The van der Waals surface area contributed by atoms with Crippen LogP contribution in [0.25, 0.3) is 0 Å². The van der Waals surface area contributed by atoms with Crippen LogP contribution in [0.3, 0.4) is 0 Å². The van der Waals surface area contributed by atoms with Gasteiger partial charge in [0.05, 0.1) is 0 Å². The van der Waals surface area contributed by atoms with Crippen LogP contribution in [-0.2, 0) is 0 Å². The van der Waals surface area contributed by atoms with E-state index in [-0.39, 0.29) is 0 Å². The molecule has 0 aliphatic heterocycles. The fourth-order valence-corrected chi connectivity index (χ4v) is 0. The molecular weight excluding hydrogens is 60.0 g/mol. The first-order chi connectivity index (χ1) is 1.91. The minimum absolute atomic E-state index is 1.67. The van der Waals surface area contributed by atoms with E-state index in [1.807, 2.05) is 0 Å². The minimum Gasteiger partial charge on any atom is -0.247 e. The van der Waals surface area contributed by atoms with Crippen molar-refractivity contribution in [3.8, 4) is 0 Å². The van der Waals surface area contributed by atoms with Gasteiger partial charge in [-0.3, -0.25) is 0 Å². The molecule has 4 nitrogen and oxygen atoms in total. The van der Waals surface area contributed by atoms with Crippen LogP contribution in [0.2, 0.25) is 0 Å². The van der Waals surface area contributed by atoms with Gasteiger partial charge in [0.15, 0.2) is 0 Å². The zero-order valence-electron chi connectivity index (χ0n) is 1.75. The van der Waals surface area contributed by atoms with Crippen molar-refractivity contribution in [2.75, 3.05) is 0 Å². The lowest BCUT2D eigenvalue weighted by Gasteiger charge is -1.54. The molecule has 0 aromatic rings. The van der Waals surface area contributed by atoms with E-state index >= 15 is 0 Å². The van der Waals surface area contributed by atoms with Gasteiger partial charge in [0.25, 0.3) is 0 Å². The molecule has 0 fully saturated rings. The van der Waals surface area contributed by atoms with E-state index in [2.05, 4.69) is 0 Å². The predicted octanol–water partition coefficient (Wildman–Crippen LogP) is -0.339. The number of hydrogen-bond donors (Lipinski definition) is 1. The monoisotopic (exact) mass is 61.0 g/mol. The summed E-state index contributed by atoms with van der Waals surface area (Å²) >= 11 is 0. The maximum atomic E-state index is 8.51. The molecule has 0 heterocycles. The van der Waals surface area contributed by atoms with Gasteiger partial charge < -0.3 is 0 Å². The first-order valence-corrected chi connectivity index (χ1v) is 0.583. The summed E-state index contributed by atoms with van der Waals surface area (Å²) < 4.78 is 0. The Morgan fingerprint density at radius 3 is 2.00 bits per heavy atom. The van der Waals surface area contributed by atoms with Crippen molar-refractivity contribution in [3.05, 3.63) is 4.91 Å². The Morgan fingerprint density at radius 1 is 1.75 bits per heavy atom. The van der Waals surface area contributed by atoms with E-state index in [0.717, 1.165) is 0 Å².